The highest BCUT2D eigenvalue weighted by Crippen LogP contribution is 2.45. The van der Waals surface area contributed by atoms with Gasteiger partial charge < -0.3 is 10.1 Å². The van der Waals surface area contributed by atoms with Crippen molar-refractivity contribution in [3.63, 3.8) is 0 Å². The zero-order chi connectivity index (χ0) is 20.3. The van der Waals surface area contributed by atoms with Gasteiger partial charge in [-0.1, -0.05) is 36.2 Å². The summed E-state index contributed by atoms with van der Waals surface area (Å²) in [4.78, 5) is 35.3. The normalized spacial score (nSPS) is 14.6. The Morgan fingerprint density at radius 3 is 2.46 bits per heavy atom. The monoisotopic (exact) mass is 402 g/mol. The van der Waals surface area contributed by atoms with Crippen LogP contribution in [0.4, 0.5) is 11.4 Å². The van der Waals surface area contributed by atoms with E-state index in [0.717, 1.165) is 12.0 Å². The lowest BCUT2D eigenvalue weighted by atomic mass is 9.64. The molecule has 28 heavy (non-hydrogen) atoms. The molecule has 2 aromatic carbocycles. The van der Waals surface area contributed by atoms with Crippen LogP contribution in [0.5, 0.6) is 0 Å². The van der Waals surface area contributed by atoms with Gasteiger partial charge in [-0.2, -0.15) is 0 Å². The van der Waals surface area contributed by atoms with Crippen molar-refractivity contribution in [3.8, 4) is 0 Å². The van der Waals surface area contributed by atoms with Gasteiger partial charge >= 0.3 is 5.97 Å². The second kappa shape index (κ2) is 7.98. The van der Waals surface area contributed by atoms with Gasteiger partial charge in [0.1, 0.15) is 0 Å². The van der Waals surface area contributed by atoms with E-state index < -0.39 is 28.8 Å². The van der Waals surface area contributed by atoms with E-state index in [1.807, 2.05) is 0 Å². The standard InChI is InChI=1S/C20H19ClN2O5/c1-13-16(4-2-5-17(13)23(26)27)22-18(24)12-28-19(25)20(10-3-11-20)14-6-8-15(21)9-7-14/h2,4-9H,3,10-12H2,1H3,(H,22,24). The van der Waals surface area contributed by atoms with Crippen molar-refractivity contribution >= 4 is 34.9 Å². The maximum atomic E-state index is 12.7. The number of hydrogen-bond acceptors (Lipinski definition) is 5. The molecule has 146 valence electrons. The molecule has 1 saturated carbocycles. The molecule has 2 aromatic rings. The zero-order valence-electron chi connectivity index (χ0n) is 15.2. The molecule has 0 aromatic heterocycles. The molecule has 7 nitrogen and oxygen atoms in total. The van der Waals surface area contributed by atoms with Crippen molar-refractivity contribution in [3.05, 3.63) is 68.7 Å². The minimum atomic E-state index is -0.744. The van der Waals surface area contributed by atoms with Crippen LogP contribution in [-0.2, 0) is 19.7 Å². The third kappa shape index (κ3) is 3.84. The quantitative estimate of drug-likeness (QED) is 0.444. The van der Waals surface area contributed by atoms with Gasteiger partial charge in [-0.25, -0.2) is 0 Å². The first-order valence-corrected chi connectivity index (χ1v) is 9.18. The Kier molecular flexibility index (Phi) is 5.65. The maximum Gasteiger partial charge on any atom is 0.317 e. The Labute approximate surface area is 166 Å². The SMILES string of the molecule is Cc1c(NC(=O)COC(=O)C2(c3ccc(Cl)cc3)CCC2)cccc1[N+](=O)[O-]. The number of halogens is 1. The number of ether oxygens (including phenoxy) is 1. The lowest BCUT2D eigenvalue weighted by Crippen LogP contribution is -2.44. The molecule has 0 heterocycles. The number of rotatable bonds is 6. The largest absolute Gasteiger partial charge is 0.455 e. The second-order valence-electron chi connectivity index (χ2n) is 6.77. The Morgan fingerprint density at radius 1 is 1.21 bits per heavy atom. The molecule has 3 rings (SSSR count). The van der Waals surface area contributed by atoms with Crippen LogP contribution in [0.15, 0.2) is 42.5 Å². The van der Waals surface area contributed by atoms with Crippen molar-refractivity contribution < 1.29 is 19.2 Å². The van der Waals surface area contributed by atoms with Crippen LogP contribution in [0.1, 0.15) is 30.4 Å². The number of hydrogen-bond donors (Lipinski definition) is 1. The summed E-state index contributed by atoms with van der Waals surface area (Å²) < 4.78 is 5.27. The van der Waals surface area contributed by atoms with Gasteiger partial charge in [0.25, 0.3) is 11.6 Å². The predicted octanol–water partition coefficient (Wildman–Crippen LogP) is 4.16. The number of carbonyl (C=O) groups is 2. The lowest BCUT2D eigenvalue weighted by molar-refractivity contribution is -0.385. The summed E-state index contributed by atoms with van der Waals surface area (Å²) in [5, 5.41) is 14.1. The van der Waals surface area contributed by atoms with Crippen LogP contribution in [0, 0.1) is 17.0 Å². The molecule has 1 aliphatic rings. The van der Waals surface area contributed by atoms with Gasteiger partial charge in [-0.3, -0.25) is 19.7 Å². The summed E-state index contributed by atoms with van der Waals surface area (Å²) in [6.07, 6.45) is 2.20. The van der Waals surface area contributed by atoms with Crippen molar-refractivity contribution in [2.45, 2.75) is 31.6 Å². The fourth-order valence-electron chi connectivity index (χ4n) is 3.32. The number of nitro groups is 1. The summed E-state index contributed by atoms with van der Waals surface area (Å²) in [6.45, 7) is 1.08. The molecule has 0 spiro atoms. The van der Waals surface area contributed by atoms with Crippen LogP contribution < -0.4 is 5.32 Å². The summed E-state index contributed by atoms with van der Waals surface area (Å²) in [5.41, 5.74) is 0.635. The molecule has 0 radical (unpaired) electrons. The lowest BCUT2D eigenvalue weighted by Gasteiger charge is -2.39. The van der Waals surface area contributed by atoms with Gasteiger partial charge in [0.2, 0.25) is 0 Å². The number of nitro benzene ring substituents is 1. The van der Waals surface area contributed by atoms with E-state index in [1.165, 1.54) is 12.1 Å². The Morgan fingerprint density at radius 2 is 1.89 bits per heavy atom. The van der Waals surface area contributed by atoms with Gasteiger partial charge in [-0.05, 0) is 43.5 Å². The molecular formula is C20H19ClN2O5. The number of nitrogens with zero attached hydrogens (tertiary/aromatic N) is 1. The van der Waals surface area contributed by atoms with Crippen LogP contribution in [-0.4, -0.2) is 23.4 Å². The molecule has 0 saturated heterocycles. The average molecular weight is 403 g/mol. The highest BCUT2D eigenvalue weighted by atomic mass is 35.5. The predicted molar refractivity (Wildman–Crippen MR) is 104 cm³/mol. The van der Waals surface area contributed by atoms with E-state index in [4.69, 9.17) is 16.3 Å². The minimum absolute atomic E-state index is 0.0917. The van der Waals surface area contributed by atoms with Crippen molar-refractivity contribution in [1.29, 1.82) is 0 Å². The number of anilines is 1. The smallest absolute Gasteiger partial charge is 0.317 e. The summed E-state index contributed by atoms with van der Waals surface area (Å²) >= 11 is 5.91. The van der Waals surface area contributed by atoms with Crippen LogP contribution in [0.25, 0.3) is 0 Å². The number of carbonyl (C=O) groups excluding carboxylic acids is 2. The Balaban J connectivity index is 1.64. The number of benzene rings is 2. The maximum absolute atomic E-state index is 12.7. The van der Waals surface area contributed by atoms with Crippen LogP contribution >= 0.6 is 11.6 Å². The molecule has 8 heteroatoms. The summed E-state index contributed by atoms with van der Waals surface area (Å²) in [6, 6.07) is 11.5. The highest BCUT2D eigenvalue weighted by molar-refractivity contribution is 6.30. The first kappa shape index (κ1) is 19.8. The minimum Gasteiger partial charge on any atom is -0.455 e. The average Bonchev–Trinajstić information content (AvgIpc) is 2.62. The van der Waals surface area contributed by atoms with Crippen molar-refractivity contribution in [1.82, 2.24) is 0 Å². The third-order valence-electron chi connectivity index (χ3n) is 5.10. The highest BCUT2D eigenvalue weighted by Gasteiger charge is 2.47. The fourth-order valence-corrected chi connectivity index (χ4v) is 3.45. The van der Waals surface area contributed by atoms with Crippen molar-refractivity contribution in [2.75, 3.05) is 11.9 Å². The Bertz CT molecular complexity index is 923. The number of amides is 1. The van der Waals surface area contributed by atoms with E-state index in [-0.39, 0.29) is 5.69 Å². The first-order chi connectivity index (χ1) is 13.3. The van der Waals surface area contributed by atoms with Gasteiger partial charge in [0, 0.05) is 11.1 Å². The van der Waals surface area contributed by atoms with Gasteiger partial charge in [0.15, 0.2) is 6.61 Å². The molecule has 0 bridgehead atoms. The second-order valence-corrected chi connectivity index (χ2v) is 7.21. The molecule has 1 aliphatic carbocycles. The van der Waals surface area contributed by atoms with Crippen LogP contribution in [0.3, 0.4) is 0 Å². The molecule has 1 N–H and O–H groups in total. The van der Waals surface area contributed by atoms with E-state index >= 15 is 0 Å². The molecule has 0 aliphatic heterocycles. The van der Waals surface area contributed by atoms with Crippen molar-refractivity contribution in [2.24, 2.45) is 0 Å². The summed E-state index contributed by atoms with van der Waals surface area (Å²) in [5.74, 6) is -1.01. The summed E-state index contributed by atoms with van der Waals surface area (Å²) in [7, 11) is 0. The fraction of sp³-hybridized carbons (Fsp3) is 0.300. The van der Waals surface area contributed by atoms with Gasteiger partial charge in [-0.15, -0.1) is 0 Å². The van der Waals surface area contributed by atoms with E-state index in [2.05, 4.69) is 5.32 Å². The molecule has 0 atom stereocenters. The van der Waals surface area contributed by atoms with E-state index in [0.29, 0.717) is 29.1 Å². The topological polar surface area (TPSA) is 98.5 Å². The molecule has 0 unspecified atom stereocenters. The molecule has 1 amide bonds. The number of nitrogens with one attached hydrogen (secondary N) is 1. The van der Waals surface area contributed by atoms with E-state index in [1.54, 1.807) is 37.3 Å². The third-order valence-corrected chi connectivity index (χ3v) is 5.36. The zero-order valence-corrected chi connectivity index (χ0v) is 16.0. The Hall–Kier alpha value is -2.93. The molecule has 1 fully saturated rings. The van der Waals surface area contributed by atoms with Crippen LogP contribution in [0.2, 0.25) is 5.02 Å². The molecular weight excluding hydrogens is 384 g/mol. The van der Waals surface area contributed by atoms with E-state index in [9.17, 15) is 19.7 Å². The van der Waals surface area contributed by atoms with Gasteiger partial charge in [0.05, 0.1) is 21.6 Å². The first-order valence-electron chi connectivity index (χ1n) is 8.80. The number of esters is 1.